The molecule has 2 unspecified atom stereocenters. The molecule has 1 aliphatic carbocycles. The highest BCUT2D eigenvalue weighted by Crippen LogP contribution is 2.33. The minimum atomic E-state index is -1.70. The van der Waals surface area contributed by atoms with E-state index in [1.165, 1.54) is 25.7 Å². The third-order valence-corrected chi connectivity index (χ3v) is 4.65. The maximum atomic E-state index is 5.99. The molecule has 2 aliphatic rings. The summed E-state index contributed by atoms with van der Waals surface area (Å²) < 4.78 is 11.7. The quantitative estimate of drug-likeness (QED) is 0.540. The average Bonchev–Trinajstić information content (AvgIpc) is 2.02. The molecule has 3 heteroatoms. The lowest BCUT2D eigenvalue weighted by Crippen LogP contribution is -2.50. The van der Waals surface area contributed by atoms with Gasteiger partial charge in [0.25, 0.3) is 0 Å². The van der Waals surface area contributed by atoms with Gasteiger partial charge in [0.2, 0.25) is 0 Å². The highest BCUT2D eigenvalue weighted by Gasteiger charge is 2.39. The van der Waals surface area contributed by atoms with Crippen LogP contribution >= 0.6 is 0 Å². The first-order valence-corrected chi connectivity index (χ1v) is 7.81. The highest BCUT2D eigenvalue weighted by molar-refractivity contribution is 6.64. The Hall–Kier alpha value is 0.137. The Balaban J connectivity index is 1.99. The molecule has 0 spiro atoms. The van der Waals surface area contributed by atoms with E-state index in [9.17, 15) is 0 Å². The second kappa shape index (κ2) is 3.12. The van der Waals surface area contributed by atoms with Gasteiger partial charge in [-0.25, -0.2) is 0 Å². The van der Waals surface area contributed by atoms with Gasteiger partial charge in [-0.2, -0.15) is 0 Å². The van der Waals surface area contributed by atoms with Crippen LogP contribution in [0.15, 0.2) is 0 Å². The van der Waals surface area contributed by atoms with Crippen molar-refractivity contribution >= 4 is 8.56 Å². The van der Waals surface area contributed by atoms with E-state index >= 15 is 0 Å². The molecule has 0 aromatic heterocycles. The molecule has 1 saturated heterocycles. The van der Waals surface area contributed by atoms with Gasteiger partial charge >= 0.3 is 8.56 Å². The van der Waals surface area contributed by atoms with Crippen LogP contribution in [0, 0.1) is 5.92 Å². The van der Waals surface area contributed by atoms with Crippen molar-refractivity contribution in [2.24, 2.45) is 5.92 Å². The van der Waals surface area contributed by atoms with Gasteiger partial charge in [-0.3, -0.25) is 0 Å². The van der Waals surface area contributed by atoms with E-state index in [-0.39, 0.29) is 0 Å². The summed E-state index contributed by atoms with van der Waals surface area (Å²) in [7, 11) is -1.70. The molecule has 70 valence electrons. The van der Waals surface area contributed by atoms with Gasteiger partial charge in [0.05, 0.1) is 6.10 Å². The molecule has 1 heterocycles. The van der Waals surface area contributed by atoms with E-state index < -0.39 is 8.56 Å². The lowest BCUT2D eigenvalue weighted by molar-refractivity contribution is -0.0210. The van der Waals surface area contributed by atoms with Crippen LogP contribution in [-0.4, -0.2) is 21.3 Å². The fourth-order valence-electron chi connectivity index (χ4n) is 2.23. The fraction of sp³-hybridized carbons (Fsp3) is 1.00. The Morgan fingerprint density at radius 2 is 1.92 bits per heavy atom. The number of rotatable bonds is 0. The maximum absolute atomic E-state index is 5.99. The molecule has 0 N–H and O–H groups in total. The molecule has 1 saturated carbocycles. The van der Waals surface area contributed by atoms with E-state index in [1.807, 2.05) is 0 Å². The largest absolute Gasteiger partial charge is 0.394 e. The molecule has 2 nitrogen and oxygen atoms in total. The smallest absolute Gasteiger partial charge is 0.331 e. The van der Waals surface area contributed by atoms with Crippen LogP contribution in [0.3, 0.4) is 0 Å². The van der Waals surface area contributed by atoms with Crippen molar-refractivity contribution in [2.45, 2.75) is 44.9 Å². The minimum Gasteiger partial charge on any atom is -0.394 e. The number of hydrogen-bond donors (Lipinski definition) is 0. The Bertz CT molecular complexity index is 170. The lowest BCUT2D eigenvalue weighted by atomic mass is 9.87. The molecule has 2 atom stereocenters. The molecule has 1 aliphatic heterocycles. The topological polar surface area (TPSA) is 18.5 Å². The normalized spacial score (nSPS) is 40.5. The van der Waals surface area contributed by atoms with E-state index in [0.717, 1.165) is 6.61 Å². The van der Waals surface area contributed by atoms with E-state index in [2.05, 4.69) is 13.1 Å². The summed E-state index contributed by atoms with van der Waals surface area (Å²) in [6.07, 6.45) is 5.84. The van der Waals surface area contributed by atoms with Crippen LogP contribution in [0.5, 0.6) is 0 Å². The van der Waals surface area contributed by atoms with Gasteiger partial charge in [-0.15, -0.1) is 0 Å². The van der Waals surface area contributed by atoms with Crippen molar-refractivity contribution < 1.29 is 8.85 Å². The molecule has 0 amide bonds. The number of hydrogen-bond acceptors (Lipinski definition) is 2. The average molecular weight is 186 g/mol. The van der Waals surface area contributed by atoms with Crippen LogP contribution in [0.2, 0.25) is 13.1 Å². The predicted octanol–water partition coefficient (Wildman–Crippen LogP) is 2.29. The summed E-state index contributed by atoms with van der Waals surface area (Å²) in [6.45, 7) is 5.26. The maximum Gasteiger partial charge on any atom is 0.331 e. The van der Waals surface area contributed by atoms with Gasteiger partial charge in [0.15, 0.2) is 0 Å². The van der Waals surface area contributed by atoms with Crippen molar-refractivity contribution in [1.29, 1.82) is 0 Å². The molecular weight excluding hydrogens is 168 g/mol. The van der Waals surface area contributed by atoms with Gasteiger partial charge in [0.1, 0.15) is 0 Å². The van der Waals surface area contributed by atoms with Crippen LogP contribution in [0.25, 0.3) is 0 Å². The Morgan fingerprint density at radius 1 is 1.17 bits per heavy atom. The van der Waals surface area contributed by atoms with Crippen LogP contribution in [0.1, 0.15) is 25.7 Å². The molecule has 0 radical (unpaired) electrons. The van der Waals surface area contributed by atoms with Crippen molar-refractivity contribution in [3.63, 3.8) is 0 Å². The standard InChI is InChI=1S/C9H18O2Si/c1-12(2)10-7-8-5-3-4-6-9(8)11-12/h8-9H,3-7H2,1-2H3. The summed E-state index contributed by atoms with van der Waals surface area (Å²) in [5, 5.41) is 0. The van der Waals surface area contributed by atoms with E-state index in [4.69, 9.17) is 8.85 Å². The fourth-order valence-corrected chi connectivity index (χ4v) is 3.95. The van der Waals surface area contributed by atoms with Crippen molar-refractivity contribution in [3.8, 4) is 0 Å². The molecule has 0 bridgehead atoms. The second-order valence-electron chi connectivity index (χ2n) is 4.41. The molecule has 12 heavy (non-hydrogen) atoms. The van der Waals surface area contributed by atoms with Crippen LogP contribution in [-0.2, 0) is 8.85 Å². The molecule has 0 aromatic carbocycles. The summed E-state index contributed by atoms with van der Waals surface area (Å²) in [4.78, 5) is 0. The first-order chi connectivity index (χ1) is 5.67. The highest BCUT2D eigenvalue weighted by atomic mass is 28.4. The Labute approximate surface area is 75.5 Å². The summed E-state index contributed by atoms with van der Waals surface area (Å²) >= 11 is 0. The lowest BCUT2D eigenvalue weighted by Gasteiger charge is -2.42. The Morgan fingerprint density at radius 3 is 2.75 bits per heavy atom. The van der Waals surface area contributed by atoms with Gasteiger partial charge in [-0.05, 0) is 25.9 Å². The zero-order valence-electron chi connectivity index (χ0n) is 8.01. The first-order valence-electron chi connectivity index (χ1n) is 4.99. The van der Waals surface area contributed by atoms with E-state index in [0.29, 0.717) is 12.0 Å². The SMILES string of the molecule is C[Si]1(C)OCC2CCCCC2O1. The zero-order valence-corrected chi connectivity index (χ0v) is 9.01. The van der Waals surface area contributed by atoms with Crippen molar-refractivity contribution in [1.82, 2.24) is 0 Å². The summed E-state index contributed by atoms with van der Waals surface area (Å²) in [5.41, 5.74) is 0. The third kappa shape index (κ3) is 1.73. The summed E-state index contributed by atoms with van der Waals surface area (Å²) in [5.74, 6) is 0.708. The first kappa shape index (κ1) is 8.72. The van der Waals surface area contributed by atoms with Crippen molar-refractivity contribution in [3.05, 3.63) is 0 Å². The third-order valence-electron chi connectivity index (χ3n) is 2.92. The van der Waals surface area contributed by atoms with Gasteiger partial charge in [0, 0.05) is 12.5 Å². The number of fused-ring (bicyclic) bond motifs is 1. The van der Waals surface area contributed by atoms with Crippen molar-refractivity contribution in [2.75, 3.05) is 6.61 Å². The Kier molecular flexibility index (Phi) is 2.27. The van der Waals surface area contributed by atoms with Gasteiger partial charge in [-0.1, -0.05) is 12.8 Å². The second-order valence-corrected chi connectivity index (χ2v) is 7.74. The molecular formula is C9H18O2Si. The molecule has 2 fully saturated rings. The van der Waals surface area contributed by atoms with Crippen LogP contribution < -0.4 is 0 Å². The van der Waals surface area contributed by atoms with Gasteiger partial charge < -0.3 is 8.85 Å². The predicted molar refractivity (Wildman–Crippen MR) is 50.3 cm³/mol. The molecule has 2 rings (SSSR count). The monoisotopic (exact) mass is 186 g/mol. The summed E-state index contributed by atoms with van der Waals surface area (Å²) in [6, 6.07) is 0. The minimum absolute atomic E-state index is 0.536. The van der Waals surface area contributed by atoms with E-state index in [1.54, 1.807) is 0 Å². The zero-order chi connectivity index (χ0) is 8.60. The molecule has 0 aromatic rings. The van der Waals surface area contributed by atoms with Crippen LogP contribution in [0.4, 0.5) is 0 Å².